The molecule has 0 atom stereocenters. The van der Waals surface area contributed by atoms with E-state index in [1.165, 1.54) is 0 Å². The second kappa shape index (κ2) is 46.1. The average molecular weight is 105 g/mol. The summed E-state index contributed by atoms with van der Waals surface area (Å²) in [6.07, 6.45) is 0. The molecule has 0 aromatic rings. The van der Waals surface area contributed by atoms with Crippen molar-refractivity contribution in [1.82, 2.24) is 0 Å². The van der Waals surface area contributed by atoms with Crippen LogP contribution in [0.2, 0.25) is 0 Å². The van der Waals surface area contributed by atoms with Gasteiger partial charge >= 0.3 is 23.1 Å². The van der Waals surface area contributed by atoms with Gasteiger partial charge in [-0.25, -0.2) is 0 Å². The molecule has 0 amide bonds. The summed E-state index contributed by atoms with van der Waals surface area (Å²) < 4.78 is 0. The molecular weight excluding hydrogens is 100 g/mol. The Hall–Kier alpha value is 0.606. The monoisotopic (exact) mass is 105 g/mol. The van der Waals surface area contributed by atoms with Gasteiger partial charge in [-0.3, -0.25) is 0 Å². The fourth-order valence-corrected chi connectivity index (χ4v) is 0. The second-order valence-corrected chi connectivity index (χ2v) is 0.115. The van der Waals surface area contributed by atoms with Gasteiger partial charge < -0.3 is 21.2 Å². The Bertz CT molecular complexity index is 7.51. The van der Waals surface area contributed by atoms with E-state index in [0.29, 0.717) is 0 Å². The summed E-state index contributed by atoms with van der Waals surface area (Å²) >= 11 is 0. The molecule has 0 aromatic carbocycles. The Balaban J connectivity index is -0.00000000667. The van der Waals surface area contributed by atoms with E-state index in [9.17, 15) is 0 Å². The van der Waals surface area contributed by atoms with E-state index in [1.807, 2.05) is 0 Å². The zero-order valence-corrected chi connectivity index (χ0v) is 4.49. The van der Waals surface area contributed by atoms with Gasteiger partial charge in [0.2, 0.25) is 6.79 Å². The van der Waals surface area contributed by atoms with Crippen molar-refractivity contribution in [3.8, 4) is 0 Å². The maximum atomic E-state index is 7.00. The first-order valence-corrected chi connectivity index (χ1v) is 0.516. The Labute approximate surface area is 51.6 Å². The van der Waals surface area contributed by atoms with E-state index >= 15 is 0 Å². The Morgan fingerprint density at radius 3 is 1.00 bits per heavy atom. The van der Waals surface area contributed by atoms with Gasteiger partial charge in [0.15, 0.2) is 0 Å². The largest absolute Gasteiger partial charge is 2.00 e. The zero-order chi connectivity index (χ0) is 2.71. The molecule has 0 heterocycles. The summed E-state index contributed by atoms with van der Waals surface area (Å²) in [7, 11) is 0. The van der Waals surface area contributed by atoms with Gasteiger partial charge in [-0.15, -0.1) is 0 Å². The molecule has 1 radical (unpaired) electrons. The van der Waals surface area contributed by atoms with E-state index in [1.54, 1.807) is 0 Å². The van der Waals surface area contributed by atoms with E-state index in [4.69, 9.17) is 10.2 Å². The zero-order valence-electron chi connectivity index (χ0n) is 3.07. The van der Waals surface area contributed by atoms with E-state index < -0.39 is 0 Å². The fourth-order valence-electron chi connectivity index (χ4n) is 0. The van der Waals surface area contributed by atoms with E-state index in [-0.39, 0.29) is 40.8 Å². The molecule has 0 aromatic heterocycles. The number of aliphatic hydroxyl groups is 2. The first-order chi connectivity index (χ1) is 1.41. The molecular formula is CH5MgO4. The number of hydrogen-bond acceptors (Lipinski definition) is 4. The quantitative estimate of drug-likeness (QED) is 0.390. The van der Waals surface area contributed by atoms with Crippen LogP contribution >= 0.6 is 0 Å². The van der Waals surface area contributed by atoms with Gasteiger partial charge in [-0.2, -0.15) is 0 Å². The summed E-state index contributed by atoms with van der Waals surface area (Å²) in [5, 5.41) is 14.0. The second-order valence-electron chi connectivity index (χ2n) is 0.115. The summed E-state index contributed by atoms with van der Waals surface area (Å²) in [4.78, 5) is 0. The molecule has 0 rings (SSSR count). The van der Waals surface area contributed by atoms with Crippen LogP contribution in [0.3, 0.4) is 0 Å². The van der Waals surface area contributed by atoms with Gasteiger partial charge in [0.25, 0.3) is 0 Å². The van der Waals surface area contributed by atoms with Crippen molar-refractivity contribution < 1.29 is 21.2 Å². The van der Waals surface area contributed by atoms with Crippen LogP contribution in [0.5, 0.6) is 0 Å². The predicted molar refractivity (Wildman–Crippen MR) is 17.8 cm³/mol. The maximum absolute atomic E-state index is 7.00. The molecule has 0 aliphatic heterocycles. The number of rotatable bonds is 0. The van der Waals surface area contributed by atoms with E-state index in [2.05, 4.69) is 0 Å². The van der Waals surface area contributed by atoms with Crippen molar-refractivity contribution in [2.45, 2.75) is 0 Å². The third-order valence-corrected chi connectivity index (χ3v) is 0. The Kier molecular flexibility index (Phi) is 235. The smallest absolute Gasteiger partial charge is 0.870 e. The van der Waals surface area contributed by atoms with Crippen LogP contribution in [-0.2, 0) is 0 Å². The number of hydrogen-bond donors (Lipinski definition) is 2. The van der Waals surface area contributed by atoms with Gasteiger partial charge in [-0.05, 0) is 0 Å². The molecule has 35 valence electrons. The summed E-state index contributed by atoms with van der Waals surface area (Å²) in [5.74, 6) is 0. The van der Waals surface area contributed by atoms with Crippen LogP contribution in [0, 0.1) is 6.79 Å². The summed E-state index contributed by atoms with van der Waals surface area (Å²) in [6.45, 7) is 0. The summed E-state index contributed by atoms with van der Waals surface area (Å²) in [5.41, 5.74) is 0. The van der Waals surface area contributed by atoms with Crippen molar-refractivity contribution in [1.29, 1.82) is 0 Å². The van der Waals surface area contributed by atoms with Crippen molar-refractivity contribution in [2.24, 2.45) is 0 Å². The molecule has 0 bridgehead atoms. The van der Waals surface area contributed by atoms with Gasteiger partial charge in [-0.1, -0.05) is 0 Å². The molecule has 5 heteroatoms. The van der Waals surface area contributed by atoms with Crippen LogP contribution in [0.1, 0.15) is 0 Å². The van der Waals surface area contributed by atoms with Crippen LogP contribution in [0.4, 0.5) is 0 Å². The van der Waals surface area contributed by atoms with E-state index in [0.717, 1.165) is 0 Å². The minimum atomic E-state index is 0. The topological polar surface area (TPSA) is 100 Å². The molecule has 0 unspecified atom stereocenters. The molecule has 6 heavy (non-hydrogen) atoms. The van der Waals surface area contributed by atoms with Gasteiger partial charge in [0.05, 0.1) is 0 Å². The summed E-state index contributed by atoms with van der Waals surface area (Å²) in [6, 6.07) is 0. The van der Waals surface area contributed by atoms with Gasteiger partial charge in [0.1, 0.15) is 0 Å². The Morgan fingerprint density at radius 1 is 1.00 bits per heavy atom. The van der Waals surface area contributed by atoms with Crippen LogP contribution < -0.4 is 0 Å². The SMILES string of the molecule is O[CH]O.[Mg+2].[OH-].[OH-]. The minimum Gasteiger partial charge on any atom is -0.870 e. The molecule has 0 spiro atoms. The molecule has 0 fully saturated rings. The van der Waals surface area contributed by atoms with Crippen molar-refractivity contribution in [2.75, 3.05) is 0 Å². The molecule has 0 aliphatic carbocycles. The molecule has 0 saturated heterocycles. The fraction of sp³-hybridized carbons (Fsp3) is 0. The molecule has 0 aliphatic rings. The third kappa shape index (κ3) is 163. The van der Waals surface area contributed by atoms with Crippen LogP contribution in [0.15, 0.2) is 0 Å². The molecule has 4 nitrogen and oxygen atoms in total. The van der Waals surface area contributed by atoms with Crippen LogP contribution in [0.25, 0.3) is 0 Å². The molecule has 0 saturated carbocycles. The Morgan fingerprint density at radius 2 is 1.00 bits per heavy atom. The van der Waals surface area contributed by atoms with Crippen molar-refractivity contribution >= 4 is 23.1 Å². The predicted octanol–water partition coefficient (Wildman–Crippen LogP) is -0.884. The first kappa shape index (κ1) is 30.6. The minimum absolute atomic E-state index is 0. The third-order valence-electron chi connectivity index (χ3n) is 0. The molecule has 4 N–H and O–H groups in total. The standard InChI is InChI=1S/CH3O2.Mg.2H2O/c2-1-3;;;/h1-3H;;2*1H2/q;+2;;/p-2. The average Bonchev–Trinajstić information content (AvgIpc) is 0.918. The van der Waals surface area contributed by atoms with Crippen molar-refractivity contribution in [3.05, 3.63) is 6.79 Å². The van der Waals surface area contributed by atoms with Crippen molar-refractivity contribution in [3.63, 3.8) is 0 Å². The van der Waals surface area contributed by atoms with Gasteiger partial charge in [0, 0.05) is 0 Å². The first-order valence-electron chi connectivity index (χ1n) is 0.516. The van der Waals surface area contributed by atoms with Crippen LogP contribution in [-0.4, -0.2) is 44.2 Å². The maximum Gasteiger partial charge on any atom is 2.00 e. The number of aliphatic hydroxyl groups excluding tert-OH is 1. The normalized spacial score (nSPS) is 3.00.